The average Bonchev–Trinajstić information content (AvgIpc) is 2.57. The number of amides is 2. The van der Waals surface area contributed by atoms with Gasteiger partial charge in [-0.25, -0.2) is 4.39 Å². The molecule has 4 nitrogen and oxygen atoms in total. The van der Waals surface area contributed by atoms with Crippen molar-refractivity contribution in [3.8, 4) is 0 Å². The minimum absolute atomic E-state index is 0.0771. The van der Waals surface area contributed by atoms with E-state index in [4.69, 9.17) is 11.6 Å². The number of halogens is 2. The number of carbonyl (C=O) groups is 2. The Morgan fingerprint density at radius 2 is 1.92 bits per heavy atom. The normalized spacial score (nSPS) is 13.3. The third-order valence-corrected chi connectivity index (χ3v) is 4.29. The van der Waals surface area contributed by atoms with E-state index in [1.165, 1.54) is 23.8 Å². The van der Waals surface area contributed by atoms with Gasteiger partial charge < -0.3 is 10.2 Å². The molecule has 0 unspecified atom stereocenters. The highest BCUT2D eigenvalue weighted by Crippen LogP contribution is 2.21. The van der Waals surface area contributed by atoms with Crippen LogP contribution in [0.15, 0.2) is 42.5 Å². The summed E-state index contributed by atoms with van der Waals surface area (Å²) in [6, 6.07) is 11.9. The molecule has 2 aromatic rings. The van der Waals surface area contributed by atoms with Gasteiger partial charge in [0.1, 0.15) is 12.2 Å². The zero-order valence-electron chi connectivity index (χ0n) is 12.9. The van der Waals surface area contributed by atoms with E-state index in [9.17, 15) is 14.0 Å². The SMILES string of the molecule is O=C(CC(=O)N1CCc2ccccc2C1)Nc1ccc(F)c(Cl)c1. The van der Waals surface area contributed by atoms with Crippen molar-refractivity contribution >= 4 is 29.1 Å². The van der Waals surface area contributed by atoms with Gasteiger partial charge in [-0.1, -0.05) is 35.9 Å². The molecule has 1 heterocycles. The summed E-state index contributed by atoms with van der Waals surface area (Å²) in [5, 5.41) is 2.48. The van der Waals surface area contributed by atoms with Gasteiger partial charge in [0.25, 0.3) is 0 Å². The lowest BCUT2D eigenvalue weighted by Gasteiger charge is -2.28. The maximum Gasteiger partial charge on any atom is 0.233 e. The number of nitrogens with zero attached hydrogens (tertiary/aromatic N) is 1. The Balaban J connectivity index is 1.58. The highest BCUT2D eigenvalue weighted by molar-refractivity contribution is 6.31. The van der Waals surface area contributed by atoms with Crippen molar-refractivity contribution in [3.05, 3.63) is 64.4 Å². The molecule has 24 heavy (non-hydrogen) atoms. The van der Waals surface area contributed by atoms with Crippen molar-refractivity contribution < 1.29 is 14.0 Å². The zero-order chi connectivity index (χ0) is 17.1. The van der Waals surface area contributed by atoms with Crippen LogP contribution < -0.4 is 5.32 Å². The second-order valence-corrected chi connectivity index (χ2v) is 6.10. The van der Waals surface area contributed by atoms with Crippen LogP contribution >= 0.6 is 11.6 Å². The lowest BCUT2D eigenvalue weighted by atomic mass is 10.00. The topological polar surface area (TPSA) is 49.4 Å². The molecule has 0 bridgehead atoms. The van der Waals surface area contributed by atoms with Crippen LogP contribution in [0.3, 0.4) is 0 Å². The van der Waals surface area contributed by atoms with Gasteiger partial charge in [0.15, 0.2) is 0 Å². The van der Waals surface area contributed by atoms with Gasteiger partial charge in [-0.3, -0.25) is 9.59 Å². The lowest BCUT2D eigenvalue weighted by molar-refractivity contribution is -0.135. The zero-order valence-corrected chi connectivity index (χ0v) is 13.6. The maximum absolute atomic E-state index is 13.1. The fourth-order valence-corrected chi connectivity index (χ4v) is 2.92. The summed E-state index contributed by atoms with van der Waals surface area (Å²) in [6.45, 7) is 1.12. The average molecular weight is 347 g/mol. The van der Waals surface area contributed by atoms with Crippen LogP contribution in [0.2, 0.25) is 5.02 Å². The number of carbonyl (C=O) groups excluding carboxylic acids is 2. The van der Waals surface area contributed by atoms with Gasteiger partial charge in [-0.15, -0.1) is 0 Å². The van der Waals surface area contributed by atoms with Crippen LogP contribution in [-0.4, -0.2) is 23.3 Å². The van der Waals surface area contributed by atoms with Crippen LogP contribution in [-0.2, 0) is 22.6 Å². The smallest absolute Gasteiger partial charge is 0.233 e. The summed E-state index contributed by atoms with van der Waals surface area (Å²) in [7, 11) is 0. The lowest BCUT2D eigenvalue weighted by Crippen LogP contribution is -2.37. The molecule has 0 fully saturated rings. The standard InChI is InChI=1S/C18H16ClFN2O2/c19-15-9-14(5-6-16(15)20)21-17(23)10-18(24)22-8-7-12-3-1-2-4-13(12)11-22/h1-6,9H,7-8,10-11H2,(H,21,23). The van der Waals surface area contributed by atoms with Gasteiger partial charge in [0.2, 0.25) is 11.8 Å². The van der Waals surface area contributed by atoms with E-state index >= 15 is 0 Å². The molecule has 2 aromatic carbocycles. The largest absolute Gasteiger partial charge is 0.338 e. The van der Waals surface area contributed by atoms with Crippen LogP contribution in [0.5, 0.6) is 0 Å². The fraction of sp³-hybridized carbons (Fsp3) is 0.222. The summed E-state index contributed by atoms with van der Waals surface area (Å²) < 4.78 is 13.1. The van der Waals surface area contributed by atoms with E-state index in [2.05, 4.69) is 11.4 Å². The fourth-order valence-electron chi connectivity index (χ4n) is 2.74. The second-order valence-electron chi connectivity index (χ2n) is 5.69. The number of hydrogen-bond acceptors (Lipinski definition) is 2. The van der Waals surface area contributed by atoms with Crippen LogP contribution in [0.25, 0.3) is 0 Å². The van der Waals surface area contributed by atoms with E-state index < -0.39 is 11.7 Å². The number of benzene rings is 2. The number of hydrogen-bond donors (Lipinski definition) is 1. The Morgan fingerprint density at radius 3 is 2.67 bits per heavy atom. The predicted octanol–water partition coefficient (Wildman–Crippen LogP) is 3.39. The molecule has 1 aliphatic heterocycles. The Labute approximate surface area is 144 Å². The highest BCUT2D eigenvalue weighted by atomic mass is 35.5. The third-order valence-electron chi connectivity index (χ3n) is 4.00. The van der Waals surface area contributed by atoms with Crippen LogP contribution in [0, 0.1) is 5.82 Å². The highest BCUT2D eigenvalue weighted by Gasteiger charge is 2.22. The summed E-state index contributed by atoms with van der Waals surface area (Å²) >= 11 is 5.67. The number of nitrogens with one attached hydrogen (secondary N) is 1. The second kappa shape index (κ2) is 7.01. The van der Waals surface area contributed by atoms with E-state index in [0.717, 1.165) is 12.0 Å². The quantitative estimate of drug-likeness (QED) is 0.866. The van der Waals surface area contributed by atoms with Crippen LogP contribution in [0.4, 0.5) is 10.1 Å². The van der Waals surface area contributed by atoms with Crippen molar-refractivity contribution in [1.82, 2.24) is 4.90 Å². The van der Waals surface area contributed by atoms with Gasteiger partial charge in [-0.2, -0.15) is 0 Å². The molecule has 0 saturated heterocycles. The van der Waals surface area contributed by atoms with Crippen molar-refractivity contribution in [2.45, 2.75) is 19.4 Å². The van der Waals surface area contributed by atoms with Gasteiger partial charge in [-0.05, 0) is 35.7 Å². The van der Waals surface area contributed by atoms with E-state index in [1.54, 1.807) is 4.90 Å². The van der Waals surface area contributed by atoms with E-state index in [0.29, 0.717) is 18.8 Å². The van der Waals surface area contributed by atoms with Crippen molar-refractivity contribution in [2.75, 3.05) is 11.9 Å². The summed E-state index contributed by atoms with van der Waals surface area (Å²) in [5.41, 5.74) is 2.72. The van der Waals surface area contributed by atoms with E-state index in [-0.39, 0.29) is 17.4 Å². The van der Waals surface area contributed by atoms with Crippen LogP contribution in [0.1, 0.15) is 17.5 Å². The Bertz CT molecular complexity index is 794. The molecule has 0 radical (unpaired) electrons. The van der Waals surface area contributed by atoms with Crippen molar-refractivity contribution in [3.63, 3.8) is 0 Å². The van der Waals surface area contributed by atoms with Crippen molar-refractivity contribution in [1.29, 1.82) is 0 Å². The monoisotopic (exact) mass is 346 g/mol. The minimum atomic E-state index is -0.558. The first-order valence-electron chi connectivity index (χ1n) is 7.62. The molecule has 1 N–H and O–H groups in total. The molecular weight excluding hydrogens is 331 g/mol. The molecule has 2 amide bonds. The first kappa shape index (κ1) is 16.5. The molecule has 0 atom stereocenters. The minimum Gasteiger partial charge on any atom is -0.338 e. The van der Waals surface area contributed by atoms with E-state index in [1.807, 2.05) is 18.2 Å². The Morgan fingerprint density at radius 1 is 1.17 bits per heavy atom. The molecule has 1 aliphatic rings. The van der Waals surface area contributed by atoms with Crippen molar-refractivity contribution in [2.24, 2.45) is 0 Å². The van der Waals surface area contributed by atoms with Gasteiger partial charge in [0.05, 0.1) is 5.02 Å². The molecule has 0 spiro atoms. The molecule has 0 aromatic heterocycles. The first-order valence-corrected chi connectivity index (χ1v) is 8.00. The van der Waals surface area contributed by atoms with Gasteiger partial charge >= 0.3 is 0 Å². The number of fused-ring (bicyclic) bond motifs is 1. The molecule has 0 saturated carbocycles. The predicted molar refractivity (Wildman–Crippen MR) is 90.2 cm³/mol. The van der Waals surface area contributed by atoms with Gasteiger partial charge in [0, 0.05) is 18.8 Å². The molecule has 3 rings (SSSR count). The molecular formula is C18H16ClFN2O2. The number of anilines is 1. The molecule has 0 aliphatic carbocycles. The first-order chi connectivity index (χ1) is 11.5. The molecule has 124 valence electrons. The maximum atomic E-state index is 13.1. The summed E-state index contributed by atoms with van der Waals surface area (Å²) in [6.07, 6.45) is 0.536. The summed E-state index contributed by atoms with van der Waals surface area (Å²) in [5.74, 6) is -1.23. The third kappa shape index (κ3) is 3.74. The number of rotatable bonds is 3. The molecule has 6 heteroatoms. The summed E-state index contributed by atoms with van der Waals surface area (Å²) in [4.78, 5) is 26.0. The Hall–Kier alpha value is -2.40. The Kier molecular flexibility index (Phi) is 4.81.